The zero-order valence-corrected chi connectivity index (χ0v) is 9.01. The SMILES string of the molecule is CO[C@@H]1CC[C@H](O)[C@@H]([C@@H](O)C(C)C)O1. The van der Waals surface area contributed by atoms with Crippen LogP contribution in [-0.2, 0) is 9.47 Å². The molecule has 0 aromatic carbocycles. The summed E-state index contributed by atoms with van der Waals surface area (Å²) in [6, 6.07) is 0. The highest BCUT2D eigenvalue weighted by Gasteiger charge is 2.36. The van der Waals surface area contributed by atoms with Gasteiger partial charge in [0.15, 0.2) is 6.29 Å². The van der Waals surface area contributed by atoms with Crippen LogP contribution >= 0.6 is 0 Å². The average molecular weight is 204 g/mol. The second-order valence-corrected chi connectivity index (χ2v) is 4.15. The molecular formula is C10H20O4. The highest BCUT2D eigenvalue weighted by molar-refractivity contribution is 4.83. The quantitative estimate of drug-likeness (QED) is 0.703. The molecule has 1 heterocycles. The summed E-state index contributed by atoms with van der Waals surface area (Å²) in [7, 11) is 1.57. The number of methoxy groups -OCH3 is 1. The highest BCUT2D eigenvalue weighted by Crippen LogP contribution is 2.24. The van der Waals surface area contributed by atoms with Crippen molar-refractivity contribution in [2.45, 2.75) is 51.3 Å². The summed E-state index contributed by atoms with van der Waals surface area (Å²) in [6.07, 6.45) is -0.737. The summed E-state index contributed by atoms with van der Waals surface area (Å²) < 4.78 is 10.5. The van der Waals surface area contributed by atoms with Crippen molar-refractivity contribution in [2.24, 2.45) is 5.92 Å². The molecule has 1 rings (SSSR count). The van der Waals surface area contributed by atoms with Crippen LogP contribution in [-0.4, -0.2) is 41.9 Å². The van der Waals surface area contributed by atoms with Crippen LogP contribution in [0.1, 0.15) is 26.7 Å². The van der Waals surface area contributed by atoms with Crippen LogP contribution in [0.5, 0.6) is 0 Å². The maximum atomic E-state index is 9.79. The van der Waals surface area contributed by atoms with Gasteiger partial charge in [-0.15, -0.1) is 0 Å². The number of rotatable bonds is 3. The molecule has 84 valence electrons. The minimum absolute atomic E-state index is 0.0743. The monoisotopic (exact) mass is 204 g/mol. The van der Waals surface area contributed by atoms with Gasteiger partial charge in [-0.25, -0.2) is 0 Å². The molecule has 0 aromatic heterocycles. The van der Waals surface area contributed by atoms with Gasteiger partial charge in [0.05, 0.1) is 12.2 Å². The Bertz CT molecular complexity index is 172. The van der Waals surface area contributed by atoms with Crippen LogP contribution in [0.15, 0.2) is 0 Å². The van der Waals surface area contributed by atoms with E-state index in [2.05, 4.69) is 0 Å². The van der Waals surface area contributed by atoms with Crippen molar-refractivity contribution < 1.29 is 19.7 Å². The van der Waals surface area contributed by atoms with Gasteiger partial charge in [0, 0.05) is 13.5 Å². The molecule has 1 saturated heterocycles. The van der Waals surface area contributed by atoms with Crippen LogP contribution in [0, 0.1) is 5.92 Å². The number of aliphatic hydroxyl groups is 2. The van der Waals surface area contributed by atoms with Crippen LogP contribution in [0.3, 0.4) is 0 Å². The van der Waals surface area contributed by atoms with E-state index in [9.17, 15) is 10.2 Å². The van der Waals surface area contributed by atoms with Gasteiger partial charge >= 0.3 is 0 Å². The predicted octanol–water partition coefficient (Wildman–Crippen LogP) is 0.516. The normalized spacial score (nSPS) is 36.0. The van der Waals surface area contributed by atoms with E-state index < -0.39 is 18.3 Å². The highest BCUT2D eigenvalue weighted by atomic mass is 16.7. The number of aliphatic hydroxyl groups excluding tert-OH is 2. The number of hydrogen-bond acceptors (Lipinski definition) is 4. The van der Waals surface area contributed by atoms with Crippen LogP contribution in [0.25, 0.3) is 0 Å². The largest absolute Gasteiger partial charge is 0.390 e. The maximum Gasteiger partial charge on any atom is 0.157 e. The van der Waals surface area contributed by atoms with Crippen LogP contribution in [0.2, 0.25) is 0 Å². The molecule has 4 heteroatoms. The molecular weight excluding hydrogens is 184 g/mol. The number of hydrogen-bond donors (Lipinski definition) is 2. The van der Waals surface area contributed by atoms with Crippen LogP contribution < -0.4 is 0 Å². The standard InChI is InChI=1S/C10H20O4/c1-6(2)9(12)10-7(11)4-5-8(13-3)14-10/h6-12H,4-5H2,1-3H3/t7-,8-,9-,10-/m0/s1. The van der Waals surface area contributed by atoms with E-state index in [1.165, 1.54) is 0 Å². The maximum absolute atomic E-state index is 9.79. The van der Waals surface area contributed by atoms with E-state index in [1.54, 1.807) is 7.11 Å². The first-order valence-electron chi connectivity index (χ1n) is 5.10. The lowest BCUT2D eigenvalue weighted by molar-refractivity contribution is -0.239. The van der Waals surface area contributed by atoms with Crippen LogP contribution in [0.4, 0.5) is 0 Å². The van der Waals surface area contributed by atoms with Gasteiger partial charge in [0.1, 0.15) is 6.10 Å². The molecule has 0 bridgehead atoms. The Morgan fingerprint density at radius 3 is 2.50 bits per heavy atom. The molecule has 1 aliphatic heterocycles. The van der Waals surface area contributed by atoms with Gasteiger partial charge < -0.3 is 19.7 Å². The third-order valence-corrected chi connectivity index (χ3v) is 2.67. The third kappa shape index (κ3) is 2.67. The van der Waals surface area contributed by atoms with Gasteiger partial charge in [0.2, 0.25) is 0 Å². The molecule has 0 spiro atoms. The lowest BCUT2D eigenvalue weighted by atomic mass is 9.93. The van der Waals surface area contributed by atoms with Crippen molar-refractivity contribution in [3.63, 3.8) is 0 Å². The first-order valence-corrected chi connectivity index (χ1v) is 5.10. The zero-order chi connectivity index (χ0) is 10.7. The third-order valence-electron chi connectivity index (χ3n) is 2.67. The van der Waals surface area contributed by atoms with Gasteiger partial charge in [-0.3, -0.25) is 0 Å². The molecule has 4 nitrogen and oxygen atoms in total. The van der Waals surface area contributed by atoms with E-state index in [0.717, 1.165) is 0 Å². The Kier molecular flexibility index (Phi) is 4.31. The fourth-order valence-corrected chi connectivity index (χ4v) is 1.67. The molecule has 4 atom stereocenters. The molecule has 0 unspecified atom stereocenters. The van der Waals surface area contributed by atoms with Crippen molar-refractivity contribution in [1.29, 1.82) is 0 Å². The smallest absolute Gasteiger partial charge is 0.157 e. The Labute approximate surface area is 84.8 Å². The van der Waals surface area contributed by atoms with Gasteiger partial charge in [-0.2, -0.15) is 0 Å². The first-order chi connectivity index (χ1) is 6.56. The molecule has 2 N–H and O–H groups in total. The molecule has 1 fully saturated rings. The second kappa shape index (κ2) is 5.07. The van der Waals surface area contributed by atoms with Crippen molar-refractivity contribution >= 4 is 0 Å². The van der Waals surface area contributed by atoms with E-state index in [-0.39, 0.29) is 12.2 Å². The van der Waals surface area contributed by atoms with E-state index >= 15 is 0 Å². The second-order valence-electron chi connectivity index (χ2n) is 4.15. The van der Waals surface area contributed by atoms with Crippen molar-refractivity contribution in [3.8, 4) is 0 Å². The van der Waals surface area contributed by atoms with Crippen molar-refractivity contribution in [2.75, 3.05) is 7.11 Å². The lowest BCUT2D eigenvalue weighted by Gasteiger charge is -2.36. The Balaban J connectivity index is 2.55. The van der Waals surface area contributed by atoms with Crippen molar-refractivity contribution in [3.05, 3.63) is 0 Å². The van der Waals surface area contributed by atoms with Gasteiger partial charge in [-0.05, 0) is 12.3 Å². The first kappa shape index (κ1) is 11.9. The minimum atomic E-state index is -0.636. The van der Waals surface area contributed by atoms with E-state index in [1.807, 2.05) is 13.8 Å². The average Bonchev–Trinajstić information content (AvgIpc) is 2.17. The molecule has 0 aromatic rings. The summed E-state index contributed by atoms with van der Waals surface area (Å²) in [4.78, 5) is 0. The Morgan fingerprint density at radius 1 is 1.36 bits per heavy atom. The molecule has 0 saturated carbocycles. The summed E-state index contributed by atoms with van der Waals surface area (Å²) >= 11 is 0. The molecule has 0 aliphatic carbocycles. The lowest BCUT2D eigenvalue weighted by Crippen LogP contribution is -2.48. The number of ether oxygens (including phenoxy) is 2. The fourth-order valence-electron chi connectivity index (χ4n) is 1.67. The molecule has 0 amide bonds. The zero-order valence-electron chi connectivity index (χ0n) is 9.01. The van der Waals surface area contributed by atoms with E-state index in [0.29, 0.717) is 12.8 Å². The Morgan fingerprint density at radius 2 is 2.00 bits per heavy atom. The molecule has 0 radical (unpaired) electrons. The van der Waals surface area contributed by atoms with E-state index in [4.69, 9.17) is 9.47 Å². The van der Waals surface area contributed by atoms with Crippen molar-refractivity contribution in [1.82, 2.24) is 0 Å². The topological polar surface area (TPSA) is 58.9 Å². The summed E-state index contributed by atoms with van der Waals surface area (Å²) in [5.74, 6) is 0.0743. The molecule has 14 heavy (non-hydrogen) atoms. The summed E-state index contributed by atoms with van der Waals surface area (Å²) in [5.41, 5.74) is 0. The summed E-state index contributed by atoms with van der Waals surface area (Å²) in [5, 5.41) is 19.5. The Hall–Kier alpha value is -0.160. The summed E-state index contributed by atoms with van der Waals surface area (Å²) in [6.45, 7) is 3.80. The molecule has 1 aliphatic rings. The van der Waals surface area contributed by atoms with Gasteiger partial charge in [-0.1, -0.05) is 13.8 Å². The fraction of sp³-hybridized carbons (Fsp3) is 1.00. The predicted molar refractivity (Wildman–Crippen MR) is 51.8 cm³/mol. The van der Waals surface area contributed by atoms with Gasteiger partial charge in [0.25, 0.3) is 0 Å². The minimum Gasteiger partial charge on any atom is -0.390 e.